The molecule has 0 aliphatic heterocycles. The van der Waals surface area contributed by atoms with Gasteiger partial charge in [-0.15, -0.1) is 11.8 Å². The minimum Gasteiger partial charge on any atom is -0.351 e. The molecule has 2 aromatic carbocycles. The highest BCUT2D eigenvalue weighted by atomic mass is 79.9. The number of benzene rings is 2. The summed E-state index contributed by atoms with van der Waals surface area (Å²) in [6.45, 7) is 0.412. The Hall–Kier alpha value is -1.33. The predicted molar refractivity (Wildman–Crippen MR) is 83.1 cm³/mol. The fraction of sp³-hybridized carbons (Fsp3) is 0.133. The summed E-state index contributed by atoms with van der Waals surface area (Å²) >= 11 is 4.91. The number of carbonyl (C=O) groups excluding carboxylic acids is 1. The molecule has 0 aliphatic rings. The van der Waals surface area contributed by atoms with E-state index >= 15 is 0 Å². The number of hydrogen-bond donors (Lipinski definition) is 1. The van der Waals surface area contributed by atoms with E-state index < -0.39 is 0 Å². The molecule has 0 saturated heterocycles. The Labute approximate surface area is 129 Å². The van der Waals surface area contributed by atoms with Crippen LogP contribution in [0, 0.1) is 5.82 Å². The molecule has 0 unspecified atom stereocenters. The van der Waals surface area contributed by atoms with Gasteiger partial charge in [-0.2, -0.15) is 0 Å². The molecule has 1 N–H and O–H groups in total. The lowest BCUT2D eigenvalue weighted by Crippen LogP contribution is -2.24. The Bertz CT molecular complexity index is 589. The van der Waals surface area contributed by atoms with Crippen molar-refractivity contribution in [3.8, 4) is 0 Å². The fourth-order valence-electron chi connectivity index (χ4n) is 1.56. The summed E-state index contributed by atoms with van der Waals surface area (Å²) in [5, 5.41) is 2.81. The van der Waals surface area contributed by atoms with Gasteiger partial charge in [0.2, 0.25) is 5.91 Å². The zero-order valence-electron chi connectivity index (χ0n) is 10.6. The van der Waals surface area contributed by atoms with E-state index in [1.54, 1.807) is 12.1 Å². The van der Waals surface area contributed by atoms with Gasteiger partial charge in [0.15, 0.2) is 0 Å². The van der Waals surface area contributed by atoms with Crippen LogP contribution in [-0.2, 0) is 11.3 Å². The van der Waals surface area contributed by atoms with Gasteiger partial charge in [0.05, 0.1) is 5.75 Å². The van der Waals surface area contributed by atoms with Gasteiger partial charge in [-0.1, -0.05) is 24.3 Å². The van der Waals surface area contributed by atoms with Crippen molar-refractivity contribution < 1.29 is 9.18 Å². The first-order valence-electron chi connectivity index (χ1n) is 6.03. The second-order valence-corrected chi connectivity index (χ2v) is 5.99. The van der Waals surface area contributed by atoms with Crippen molar-refractivity contribution in [2.75, 3.05) is 5.75 Å². The summed E-state index contributed by atoms with van der Waals surface area (Å²) in [6.07, 6.45) is 0. The molecular formula is C15H13BrFNOS. The zero-order valence-corrected chi connectivity index (χ0v) is 13.0. The van der Waals surface area contributed by atoms with Crippen LogP contribution in [0.25, 0.3) is 0 Å². The summed E-state index contributed by atoms with van der Waals surface area (Å²) in [6, 6.07) is 13.9. The lowest BCUT2D eigenvalue weighted by atomic mass is 10.2. The lowest BCUT2D eigenvalue weighted by Gasteiger charge is -2.06. The van der Waals surface area contributed by atoms with Crippen molar-refractivity contribution in [3.63, 3.8) is 0 Å². The monoisotopic (exact) mass is 353 g/mol. The fourth-order valence-corrected chi connectivity index (χ4v) is 2.96. The molecule has 0 fully saturated rings. The summed E-state index contributed by atoms with van der Waals surface area (Å²) < 4.78 is 13.7. The van der Waals surface area contributed by atoms with Crippen LogP contribution in [0.4, 0.5) is 4.39 Å². The van der Waals surface area contributed by atoms with Crippen LogP contribution in [0.2, 0.25) is 0 Å². The third-order valence-corrected chi connectivity index (χ3v) is 4.63. The van der Waals surface area contributed by atoms with Crippen LogP contribution in [0.1, 0.15) is 5.56 Å². The molecule has 2 aromatic rings. The van der Waals surface area contributed by atoms with Crippen LogP contribution >= 0.6 is 27.7 Å². The van der Waals surface area contributed by atoms with Crippen LogP contribution in [-0.4, -0.2) is 11.7 Å². The molecule has 0 spiro atoms. The van der Waals surface area contributed by atoms with Gasteiger partial charge < -0.3 is 5.32 Å². The van der Waals surface area contributed by atoms with Crippen LogP contribution in [0.15, 0.2) is 57.9 Å². The van der Waals surface area contributed by atoms with Gasteiger partial charge >= 0.3 is 0 Å². The largest absolute Gasteiger partial charge is 0.351 e. The van der Waals surface area contributed by atoms with Crippen molar-refractivity contribution >= 4 is 33.6 Å². The molecule has 104 valence electrons. The molecule has 20 heavy (non-hydrogen) atoms. The molecule has 2 rings (SSSR count). The molecule has 0 atom stereocenters. The van der Waals surface area contributed by atoms with Gasteiger partial charge in [-0.3, -0.25) is 4.79 Å². The van der Waals surface area contributed by atoms with E-state index in [-0.39, 0.29) is 11.7 Å². The molecule has 1 amide bonds. The molecule has 0 radical (unpaired) electrons. The number of hydrogen-bond acceptors (Lipinski definition) is 2. The van der Waals surface area contributed by atoms with E-state index in [1.807, 2.05) is 24.3 Å². The third kappa shape index (κ3) is 4.65. The number of thioether (sulfide) groups is 1. The maximum Gasteiger partial charge on any atom is 0.230 e. The molecule has 0 aromatic heterocycles. The van der Waals surface area contributed by atoms with Gasteiger partial charge in [0, 0.05) is 15.9 Å². The van der Waals surface area contributed by atoms with Crippen LogP contribution < -0.4 is 5.32 Å². The van der Waals surface area contributed by atoms with Crippen molar-refractivity contribution in [3.05, 3.63) is 64.4 Å². The van der Waals surface area contributed by atoms with Crippen LogP contribution in [0.5, 0.6) is 0 Å². The van der Waals surface area contributed by atoms with Crippen molar-refractivity contribution in [1.29, 1.82) is 0 Å². The first-order valence-corrected chi connectivity index (χ1v) is 7.81. The highest BCUT2D eigenvalue weighted by Gasteiger charge is 2.05. The minimum atomic E-state index is -0.274. The second-order valence-electron chi connectivity index (χ2n) is 4.12. The van der Waals surface area contributed by atoms with Crippen molar-refractivity contribution in [2.24, 2.45) is 0 Å². The average molecular weight is 354 g/mol. The van der Waals surface area contributed by atoms with Gasteiger partial charge in [-0.25, -0.2) is 4.39 Å². The minimum absolute atomic E-state index is 0.0462. The van der Waals surface area contributed by atoms with Gasteiger partial charge in [0.1, 0.15) is 5.82 Å². The van der Waals surface area contributed by atoms with E-state index in [4.69, 9.17) is 0 Å². The second kappa shape index (κ2) is 7.45. The summed E-state index contributed by atoms with van der Waals surface area (Å²) in [5.74, 6) is 0.0312. The van der Waals surface area contributed by atoms with E-state index in [2.05, 4.69) is 21.2 Å². The Morgan fingerprint density at radius 1 is 1.15 bits per heavy atom. The van der Waals surface area contributed by atoms with E-state index in [9.17, 15) is 9.18 Å². The highest BCUT2D eigenvalue weighted by molar-refractivity contribution is 9.10. The highest BCUT2D eigenvalue weighted by Crippen LogP contribution is 2.26. The quantitative estimate of drug-likeness (QED) is 0.823. The topological polar surface area (TPSA) is 29.1 Å². The molecule has 0 heterocycles. The normalized spacial score (nSPS) is 10.3. The first-order chi connectivity index (χ1) is 9.65. The molecule has 0 aliphatic carbocycles. The SMILES string of the molecule is O=C(CSc1ccccc1Br)NCc1ccc(F)cc1. The predicted octanol–water partition coefficient (Wildman–Crippen LogP) is 4.00. The lowest BCUT2D eigenvalue weighted by molar-refractivity contribution is -0.118. The van der Waals surface area contributed by atoms with Gasteiger partial charge in [0.25, 0.3) is 0 Å². The molecule has 5 heteroatoms. The number of rotatable bonds is 5. The summed E-state index contributed by atoms with van der Waals surface area (Å²) in [7, 11) is 0. The Morgan fingerprint density at radius 2 is 1.85 bits per heavy atom. The van der Waals surface area contributed by atoms with Crippen molar-refractivity contribution in [1.82, 2.24) is 5.32 Å². The number of nitrogens with one attached hydrogen (secondary N) is 1. The zero-order chi connectivity index (χ0) is 14.4. The molecule has 0 bridgehead atoms. The maximum atomic E-state index is 12.7. The Balaban J connectivity index is 1.78. The number of halogens is 2. The van der Waals surface area contributed by atoms with Crippen molar-refractivity contribution in [2.45, 2.75) is 11.4 Å². The smallest absolute Gasteiger partial charge is 0.230 e. The summed E-state index contributed by atoms with van der Waals surface area (Å²) in [5.41, 5.74) is 0.880. The van der Waals surface area contributed by atoms with Crippen LogP contribution in [0.3, 0.4) is 0 Å². The third-order valence-electron chi connectivity index (χ3n) is 2.60. The number of amides is 1. The standard InChI is InChI=1S/C15H13BrFNOS/c16-13-3-1-2-4-14(13)20-10-15(19)18-9-11-5-7-12(17)8-6-11/h1-8H,9-10H2,(H,18,19). The molecule has 2 nitrogen and oxygen atoms in total. The maximum absolute atomic E-state index is 12.7. The average Bonchev–Trinajstić information content (AvgIpc) is 2.46. The van der Waals surface area contributed by atoms with E-state index in [1.165, 1.54) is 23.9 Å². The Kier molecular flexibility index (Phi) is 5.61. The molecule has 0 saturated carbocycles. The van der Waals surface area contributed by atoms with Gasteiger partial charge in [-0.05, 0) is 45.8 Å². The van der Waals surface area contributed by atoms with E-state index in [0.29, 0.717) is 12.3 Å². The Morgan fingerprint density at radius 3 is 2.55 bits per heavy atom. The molecular weight excluding hydrogens is 341 g/mol. The summed E-state index contributed by atoms with van der Waals surface area (Å²) in [4.78, 5) is 12.8. The first kappa shape index (κ1) is 15.1. The number of carbonyl (C=O) groups is 1. The van der Waals surface area contributed by atoms with E-state index in [0.717, 1.165) is 14.9 Å².